The Morgan fingerprint density at radius 3 is 2.62 bits per heavy atom. The first kappa shape index (κ1) is 15.6. The first-order valence-electron chi connectivity index (χ1n) is 7.13. The fourth-order valence-corrected chi connectivity index (χ4v) is 2.23. The molecule has 0 bridgehead atoms. The lowest BCUT2D eigenvalue weighted by Crippen LogP contribution is -2.27. The van der Waals surface area contributed by atoms with Crippen molar-refractivity contribution in [1.82, 2.24) is 10.3 Å². The number of aliphatic hydroxyl groups is 1. The Balaban J connectivity index is 1.85. The van der Waals surface area contributed by atoms with Gasteiger partial charge in [-0.25, -0.2) is 4.39 Å². The maximum Gasteiger partial charge on any atom is 0.123 e. The van der Waals surface area contributed by atoms with E-state index in [-0.39, 0.29) is 11.9 Å². The molecule has 1 aromatic heterocycles. The predicted octanol–water partition coefficient (Wildman–Crippen LogP) is 3.13. The van der Waals surface area contributed by atoms with Crippen LogP contribution in [-0.4, -0.2) is 16.1 Å². The van der Waals surface area contributed by atoms with Crippen LogP contribution in [0.25, 0.3) is 0 Å². The summed E-state index contributed by atoms with van der Waals surface area (Å²) in [4.78, 5) is 4.25. The second-order valence-electron chi connectivity index (χ2n) is 5.33. The van der Waals surface area contributed by atoms with Crippen molar-refractivity contribution in [3.8, 4) is 0 Å². The van der Waals surface area contributed by atoms with Gasteiger partial charge in [0.25, 0.3) is 0 Å². The summed E-state index contributed by atoms with van der Waals surface area (Å²) in [6, 6.07) is 10.1. The first-order chi connectivity index (χ1) is 10.1. The summed E-state index contributed by atoms with van der Waals surface area (Å²) in [5.74, 6) is -0.288. The molecule has 0 spiro atoms. The lowest BCUT2D eigenvalue weighted by molar-refractivity contribution is 0.153. The van der Waals surface area contributed by atoms with Crippen LogP contribution < -0.4 is 5.32 Å². The van der Waals surface area contributed by atoms with Gasteiger partial charge in [0.2, 0.25) is 0 Å². The topological polar surface area (TPSA) is 45.2 Å². The monoisotopic (exact) mass is 288 g/mol. The number of pyridine rings is 1. The van der Waals surface area contributed by atoms with E-state index in [1.165, 1.54) is 12.1 Å². The zero-order chi connectivity index (χ0) is 15.2. The van der Waals surface area contributed by atoms with Gasteiger partial charge in [0.05, 0.1) is 6.10 Å². The second-order valence-corrected chi connectivity index (χ2v) is 5.33. The van der Waals surface area contributed by atoms with E-state index in [0.29, 0.717) is 6.42 Å². The highest BCUT2D eigenvalue weighted by Crippen LogP contribution is 2.18. The first-order valence-corrected chi connectivity index (χ1v) is 7.13. The number of halogens is 1. The van der Waals surface area contributed by atoms with Gasteiger partial charge in [-0.05, 0) is 49.6 Å². The molecule has 112 valence electrons. The molecule has 1 aromatic carbocycles. The summed E-state index contributed by atoms with van der Waals surface area (Å²) in [6.45, 7) is 4.73. The lowest BCUT2D eigenvalue weighted by atomic mass is 10.0. The average Bonchev–Trinajstić information content (AvgIpc) is 2.47. The average molecular weight is 288 g/mol. The van der Waals surface area contributed by atoms with Crippen LogP contribution >= 0.6 is 0 Å². The zero-order valence-corrected chi connectivity index (χ0v) is 12.4. The minimum absolute atomic E-state index is 0.143. The van der Waals surface area contributed by atoms with E-state index < -0.39 is 6.10 Å². The summed E-state index contributed by atoms with van der Waals surface area (Å²) in [5.41, 5.74) is 2.90. The Bertz CT molecular complexity index is 571. The fraction of sp³-hybridized carbons (Fsp3) is 0.353. The van der Waals surface area contributed by atoms with Crippen molar-refractivity contribution in [2.45, 2.75) is 39.0 Å². The van der Waals surface area contributed by atoms with E-state index in [0.717, 1.165) is 23.4 Å². The van der Waals surface area contributed by atoms with Crippen molar-refractivity contribution < 1.29 is 9.50 Å². The molecule has 0 saturated carbocycles. The Morgan fingerprint density at radius 2 is 1.95 bits per heavy atom. The second kappa shape index (κ2) is 7.29. The molecule has 0 radical (unpaired) electrons. The van der Waals surface area contributed by atoms with Crippen LogP contribution in [0.15, 0.2) is 42.6 Å². The van der Waals surface area contributed by atoms with Crippen LogP contribution in [0.1, 0.15) is 36.3 Å². The molecule has 2 N–H and O–H groups in total. The number of nitrogens with one attached hydrogen (secondary N) is 1. The molecule has 1 heterocycles. The molecule has 2 aromatic rings. The molecular formula is C17H21FN2O. The highest BCUT2D eigenvalue weighted by molar-refractivity contribution is 5.19. The van der Waals surface area contributed by atoms with Gasteiger partial charge in [-0.1, -0.05) is 18.2 Å². The summed E-state index contributed by atoms with van der Waals surface area (Å²) in [6.07, 6.45) is 1.76. The van der Waals surface area contributed by atoms with E-state index in [1.54, 1.807) is 18.3 Å². The molecule has 0 unspecified atom stereocenters. The molecule has 2 atom stereocenters. The molecule has 0 saturated heterocycles. The molecule has 2 rings (SSSR count). The van der Waals surface area contributed by atoms with E-state index in [9.17, 15) is 9.50 Å². The number of aliphatic hydroxyl groups excluding tert-OH is 1. The number of aryl methyl sites for hydroxylation is 1. The van der Waals surface area contributed by atoms with E-state index in [2.05, 4.69) is 10.3 Å². The number of hydrogen-bond acceptors (Lipinski definition) is 3. The predicted molar refractivity (Wildman–Crippen MR) is 81.3 cm³/mol. The smallest absolute Gasteiger partial charge is 0.123 e. The maximum absolute atomic E-state index is 12.9. The summed E-state index contributed by atoms with van der Waals surface area (Å²) >= 11 is 0. The van der Waals surface area contributed by atoms with Crippen molar-refractivity contribution in [3.63, 3.8) is 0 Å². The number of hydrogen-bond donors (Lipinski definition) is 2. The summed E-state index contributed by atoms with van der Waals surface area (Å²) < 4.78 is 12.9. The number of rotatable bonds is 6. The standard InChI is InChI=1S/C17H21FN2O/c1-12(20-11-15-4-3-9-19-13(15)2)10-17(21)14-5-7-16(18)8-6-14/h3-9,12,17,20-21H,10-11H2,1-2H3/t12-,17-/m0/s1. The Hall–Kier alpha value is -1.78. The van der Waals surface area contributed by atoms with Gasteiger partial charge in [0, 0.05) is 24.5 Å². The van der Waals surface area contributed by atoms with Crippen LogP contribution in [0, 0.1) is 12.7 Å². The maximum atomic E-state index is 12.9. The van der Waals surface area contributed by atoms with E-state index in [1.807, 2.05) is 26.0 Å². The molecular weight excluding hydrogens is 267 g/mol. The summed E-state index contributed by atoms with van der Waals surface area (Å²) in [7, 11) is 0. The minimum atomic E-state index is -0.594. The molecule has 0 aliphatic heterocycles. The van der Waals surface area contributed by atoms with Crippen LogP contribution in [0.5, 0.6) is 0 Å². The van der Waals surface area contributed by atoms with Gasteiger partial charge in [-0.2, -0.15) is 0 Å². The molecule has 3 nitrogen and oxygen atoms in total. The molecule has 0 aliphatic carbocycles. The van der Waals surface area contributed by atoms with Crippen molar-refractivity contribution in [1.29, 1.82) is 0 Å². The highest BCUT2D eigenvalue weighted by atomic mass is 19.1. The molecule has 0 fully saturated rings. The van der Waals surface area contributed by atoms with Gasteiger partial charge in [-0.15, -0.1) is 0 Å². The van der Waals surface area contributed by atoms with Gasteiger partial charge in [0.15, 0.2) is 0 Å². The van der Waals surface area contributed by atoms with Gasteiger partial charge in [-0.3, -0.25) is 4.98 Å². The Kier molecular flexibility index (Phi) is 5.42. The third-order valence-electron chi connectivity index (χ3n) is 3.59. The third kappa shape index (κ3) is 4.62. The summed E-state index contributed by atoms with van der Waals surface area (Å²) in [5, 5.41) is 13.5. The van der Waals surface area contributed by atoms with Crippen molar-refractivity contribution in [3.05, 3.63) is 65.2 Å². The molecule has 21 heavy (non-hydrogen) atoms. The van der Waals surface area contributed by atoms with Crippen LogP contribution in [0.3, 0.4) is 0 Å². The normalized spacial score (nSPS) is 13.9. The third-order valence-corrected chi connectivity index (χ3v) is 3.59. The fourth-order valence-electron chi connectivity index (χ4n) is 2.23. The molecule has 0 aliphatic rings. The largest absolute Gasteiger partial charge is 0.388 e. The molecule has 4 heteroatoms. The van der Waals surface area contributed by atoms with Gasteiger partial charge in [0.1, 0.15) is 5.82 Å². The number of benzene rings is 1. The van der Waals surface area contributed by atoms with Gasteiger partial charge >= 0.3 is 0 Å². The molecule has 0 amide bonds. The minimum Gasteiger partial charge on any atom is -0.388 e. The van der Waals surface area contributed by atoms with Crippen molar-refractivity contribution in [2.75, 3.05) is 0 Å². The van der Waals surface area contributed by atoms with Crippen LogP contribution in [0.2, 0.25) is 0 Å². The SMILES string of the molecule is Cc1ncccc1CN[C@@H](C)C[C@H](O)c1ccc(F)cc1. The highest BCUT2D eigenvalue weighted by Gasteiger charge is 2.12. The number of aromatic nitrogens is 1. The van der Waals surface area contributed by atoms with E-state index >= 15 is 0 Å². The van der Waals surface area contributed by atoms with Crippen LogP contribution in [0.4, 0.5) is 4.39 Å². The quantitative estimate of drug-likeness (QED) is 0.858. The lowest BCUT2D eigenvalue weighted by Gasteiger charge is -2.18. The number of nitrogens with zero attached hydrogens (tertiary/aromatic N) is 1. The zero-order valence-electron chi connectivity index (χ0n) is 12.4. The Morgan fingerprint density at radius 1 is 1.24 bits per heavy atom. The Labute approximate surface area is 124 Å². The van der Waals surface area contributed by atoms with Crippen LogP contribution in [-0.2, 0) is 6.54 Å². The van der Waals surface area contributed by atoms with Crippen molar-refractivity contribution in [2.24, 2.45) is 0 Å². The van der Waals surface area contributed by atoms with Crippen molar-refractivity contribution >= 4 is 0 Å². The van der Waals surface area contributed by atoms with Gasteiger partial charge < -0.3 is 10.4 Å². The van der Waals surface area contributed by atoms with E-state index in [4.69, 9.17) is 0 Å².